The molecule has 7 nitrogen and oxygen atoms in total. The van der Waals surface area contributed by atoms with Crippen LogP contribution in [0.5, 0.6) is 0 Å². The van der Waals surface area contributed by atoms with Gasteiger partial charge in [-0.25, -0.2) is 4.68 Å². The molecule has 35 heavy (non-hydrogen) atoms. The van der Waals surface area contributed by atoms with Crippen LogP contribution in [0.2, 0.25) is 0 Å². The number of hydrogen-bond donors (Lipinski definition) is 2. The minimum absolute atomic E-state index is 0.00782. The number of benzene rings is 2. The van der Waals surface area contributed by atoms with E-state index in [-0.39, 0.29) is 11.9 Å². The van der Waals surface area contributed by atoms with Crippen molar-refractivity contribution in [2.75, 3.05) is 5.32 Å². The summed E-state index contributed by atoms with van der Waals surface area (Å²) >= 11 is 0. The van der Waals surface area contributed by atoms with Gasteiger partial charge < -0.3 is 10.6 Å². The Morgan fingerprint density at radius 3 is 2.49 bits per heavy atom. The van der Waals surface area contributed by atoms with Crippen LogP contribution in [0.1, 0.15) is 58.1 Å². The molecule has 1 aliphatic rings. The third kappa shape index (κ3) is 4.07. The molecule has 1 aliphatic heterocycles. The molecule has 2 N–H and O–H groups in total. The summed E-state index contributed by atoms with van der Waals surface area (Å²) in [7, 11) is 0. The van der Waals surface area contributed by atoms with Gasteiger partial charge in [0.05, 0.1) is 11.7 Å². The molecule has 4 aromatic rings. The van der Waals surface area contributed by atoms with Crippen LogP contribution in [0, 0.1) is 27.7 Å². The normalized spacial score (nSPS) is 14.7. The molecule has 0 fully saturated rings. The second kappa shape index (κ2) is 8.65. The third-order valence-electron chi connectivity index (χ3n) is 6.81. The van der Waals surface area contributed by atoms with Crippen molar-refractivity contribution in [2.45, 2.75) is 54.1 Å². The average Bonchev–Trinajstić information content (AvgIpc) is 3.36. The fraction of sp³-hybridized carbons (Fsp3) is 0.286. The van der Waals surface area contributed by atoms with Gasteiger partial charge in [-0.1, -0.05) is 12.1 Å². The first-order valence-electron chi connectivity index (χ1n) is 12.0. The Hall–Kier alpha value is -4.00. The molecule has 2 aromatic heterocycles. The molecule has 7 heteroatoms. The van der Waals surface area contributed by atoms with E-state index in [2.05, 4.69) is 60.7 Å². The first kappa shape index (κ1) is 22.8. The Morgan fingerprint density at radius 2 is 1.77 bits per heavy atom. The highest BCUT2D eigenvalue weighted by molar-refractivity contribution is 6.00. The predicted molar refractivity (Wildman–Crippen MR) is 139 cm³/mol. The molecule has 0 spiro atoms. The molecule has 5 rings (SSSR count). The van der Waals surface area contributed by atoms with Gasteiger partial charge >= 0.3 is 0 Å². The summed E-state index contributed by atoms with van der Waals surface area (Å²) in [6.07, 6.45) is 1.92. The van der Waals surface area contributed by atoms with Gasteiger partial charge in [0.2, 0.25) is 5.95 Å². The summed E-state index contributed by atoms with van der Waals surface area (Å²) in [6, 6.07) is 12.4. The Bertz CT molecular complexity index is 1470. The van der Waals surface area contributed by atoms with Gasteiger partial charge in [-0.2, -0.15) is 4.98 Å². The van der Waals surface area contributed by atoms with Crippen molar-refractivity contribution in [1.29, 1.82) is 0 Å². The number of carbonyl (C=O) groups is 1. The van der Waals surface area contributed by atoms with E-state index in [1.54, 1.807) is 0 Å². The minimum Gasteiger partial charge on any atom is -0.345 e. The number of nitrogens with zero attached hydrogens (tertiary/aromatic N) is 4. The van der Waals surface area contributed by atoms with Gasteiger partial charge in [0.25, 0.3) is 5.91 Å². The number of pyridine rings is 1. The van der Waals surface area contributed by atoms with Crippen LogP contribution in [-0.2, 0) is 6.54 Å². The van der Waals surface area contributed by atoms with Crippen molar-refractivity contribution in [2.24, 2.45) is 0 Å². The van der Waals surface area contributed by atoms with E-state index < -0.39 is 0 Å². The van der Waals surface area contributed by atoms with Crippen molar-refractivity contribution >= 4 is 17.5 Å². The molecule has 178 valence electrons. The molecule has 0 bridgehead atoms. The van der Waals surface area contributed by atoms with Crippen molar-refractivity contribution in [1.82, 2.24) is 25.1 Å². The molecule has 0 saturated heterocycles. The lowest BCUT2D eigenvalue weighted by Crippen LogP contribution is -2.16. The fourth-order valence-electron chi connectivity index (χ4n) is 4.53. The zero-order valence-electron chi connectivity index (χ0n) is 21.0. The van der Waals surface area contributed by atoms with Gasteiger partial charge in [-0.15, -0.1) is 5.10 Å². The van der Waals surface area contributed by atoms with E-state index in [1.807, 2.05) is 43.8 Å². The standard InChI is InChI=1S/C28H30N6O/c1-7-34-28(31-24-13-22-19(6)30-27(35)23(22)11-17(24)4)32-26(33-34)20-8-9-21(16(3)10-20)25-12-15(2)18(5)14-29-25/h8-14,19H,7H2,1-6H3,(H,30,35)(H,31,32,33). The number of hydrogen-bond acceptors (Lipinski definition) is 5. The Balaban J connectivity index is 1.47. The fourth-order valence-corrected chi connectivity index (χ4v) is 4.53. The van der Waals surface area contributed by atoms with Crippen molar-refractivity contribution in [3.63, 3.8) is 0 Å². The minimum atomic E-state index is -0.0176. The Morgan fingerprint density at radius 1 is 0.971 bits per heavy atom. The molecular formula is C28H30N6O. The van der Waals surface area contributed by atoms with Gasteiger partial charge in [-0.05, 0) is 93.6 Å². The second-order valence-electron chi connectivity index (χ2n) is 9.33. The van der Waals surface area contributed by atoms with E-state index in [9.17, 15) is 4.79 Å². The number of aromatic nitrogens is 4. The summed E-state index contributed by atoms with van der Waals surface area (Å²) < 4.78 is 1.86. The number of fused-ring (bicyclic) bond motifs is 1. The molecule has 0 radical (unpaired) electrons. The number of carbonyl (C=O) groups excluding carboxylic acids is 1. The highest BCUT2D eigenvalue weighted by Gasteiger charge is 2.26. The maximum atomic E-state index is 12.2. The van der Waals surface area contributed by atoms with E-state index >= 15 is 0 Å². The lowest BCUT2D eigenvalue weighted by atomic mass is 10.00. The highest BCUT2D eigenvalue weighted by Crippen LogP contribution is 2.32. The maximum absolute atomic E-state index is 12.2. The van der Waals surface area contributed by atoms with Crippen LogP contribution in [-0.4, -0.2) is 25.7 Å². The zero-order valence-corrected chi connectivity index (χ0v) is 21.0. The summed E-state index contributed by atoms with van der Waals surface area (Å²) in [6.45, 7) is 13.0. The van der Waals surface area contributed by atoms with Crippen LogP contribution in [0.15, 0.2) is 42.6 Å². The third-order valence-corrected chi connectivity index (χ3v) is 6.81. The van der Waals surface area contributed by atoms with Crippen LogP contribution in [0.3, 0.4) is 0 Å². The topological polar surface area (TPSA) is 84.7 Å². The molecule has 0 aliphatic carbocycles. The largest absolute Gasteiger partial charge is 0.345 e. The quantitative estimate of drug-likeness (QED) is 0.388. The van der Waals surface area contributed by atoms with Gasteiger partial charge in [0.1, 0.15) is 0 Å². The maximum Gasteiger partial charge on any atom is 0.252 e. The molecule has 1 unspecified atom stereocenters. The number of rotatable bonds is 5. The van der Waals surface area contributed by atoms with E-state index in [0.29, 0.717) is 18.3 Å². The molecule has 1 atom stereocenters. The van der Waals surface area contributed by atoms with Crippen molar-refractivity contribution in [3.05, 3.63) is 76.0 Å². The molecule has 2 aromatic carbocycles. The number of aryl methyl sites for hydroxylation is 5. The van der Waals surface area contributed by atoms with Crippen molar-refractivity contribution < 1.29 is 4.79 Å². The number of nitrogens with one attached hydrogen (secondary N) is 2. The second-order valence-corrected chi connectivity index (χ2v) is 9.33. The van der Waals surface area contributed by atoms with Gasteiger partial charge in [-0.3, -0.25) is 9.78 Å². The zero-order chi connectivity index (χ0) is 24.9. The van der Waals surface area contributed by atoms with Gasteiger partial charge in [0.15, 0.2) is 5.82 Å². The highest BCUT2D eigenvalue weighted by atomic mass is 16.2. The van der Waals surface area contributed by atoms with Crippen LogP contribution < -0.4 is 10.6 Å². The summed E-state index contributed by atoms with van der Waals surface area (Å²) in [5.74, 6) is 1.32. The van der Waals surface area contributed by atoms with Crippen molar-refractivity contribution in [3.8, 4) is 22.6 Å². The molecule has 3 heterocycles. The van der Waals surface area contributed by atoms with Crippen LogP contribution in [0.25, 0.3) is 22.6 Å². The predicted octanol–water partition coefficient (Wildman–Crippen LogP) is 5.81. The number of amides is 1. The molecule has 0 saturated carbocycles. The monoisotopic (exact) mass is 466 g/mol. The van der Waals surface area contributed by atoms with Crippen LogP contribution in [0.4, 0.5) is 11.6 Å². The summed E-state index contributed by atoms with van der Waals surface area (Å²) in [5.41, 5.74) is 10.2. The smallest absolute Gasteiger partial charge is 0.252 e. The molecule has 1 amide bonds. The molecular weight excluding hydrogens is 436 g/mol. The first-order valence-corrected chi connectivity index (χ1v) is 12.0. The number of anilines is 2. The SMILES string of the molecule is CCn1nc(-c2ccc(-c3cc(C)c(C)cn3)c(C)c2)nc1Nc1cc2c(cc1C)C(=O)NC2C. The Kier molecular flexibility index (Phi) is 5.63. The Labute approximate surface area is 205 Å². The summed E-state index contributed by atoms with van der Waals surface area (Å²) in [5, 5.41) is 11.2. The lowest BCUT2D eigenvalue weighted by molar-refractivity contribution is 0.0958. The summed E-state index contributed by atoms with van der Waals surface area (Å²) in [4.78, 5) is 21.6. The van der Waals surface area contributed by atoms with E-state index in [1.165, 1.54) is 11.1 Å². The van der Waals surface area contributed by atoms with Gasteiger partial charge in [0, 0.05) is 35.1 Å². The van der Waals surface area contributed by atoms with E-state index in [4.69, 9.17) is 10.1 Å². The van der Waals surface area contributed by atoms with Crippen LogP contribution >= 0.6 is 0 Å². The average molecular weight is 467 g/mol. The van der Waals surface area contributed by atoms with E-state index in [0.717, 1.165) is 44.8 Å². The first-order chi connectivity index (χ1) is 16.7. The lowest BCUT2D eigenvalue weighted by Gasteiger charge is -2.12.